The van der Waals surface area contributed by atoms with Crippen LogP contribution in [0.25, 0.3) is 22.2 Å². The summed E-state index contributed by atoms with van der Waals surface area (Å²) >= 11 is 0. The molecule has 0 spiro atoms. The van der Waals surface area contributed by atoms with Crippen LogP contribution in [0.5, 0.6) is 11.6 Å². The second kappa shape index (κ2) is 9.48. The summed E-state index contributed by atoms with van der Waals surface area (Å²) in [6.07, 6.45) is 9.58. The SMILES string of the molecule is COc1ccc(CN2CC=C(c3ccc(-c4cc(OCC(C)(C)O)cn5nccc45)cn3)C2)cn1. The number of aliphatic hydroxyl groups is 1. The minimum atomic E-state index is -0.921. The molecule has 5 heterocycles. The van der Waals surface area contributed by atoms with Crippen LogP contribution in [0.4, 0.5) is 0 Å². The number of methoxy groups -OCH3 is 1. The van der Waals surface area contributed by atoms with Crippen LogP contribution in [0.1, 0.15) is 25.1 Å². The number of fused-ring (bicyclic) bond motifs is 1. The van der Waals surface area contributed by atoms with Gasteiger partial charge in [0.2, 0.25) is 5.88 Å². The molecule has 0 aliphatic carbocycles. The van der Waals surface area contributed by atoms with Gasteiger partial charge in [-0.1, -0.05) is 18.2 Å². The zero-order chi connectivity index (χ0) is 24.4. The largest absolute Gasteiger partial charge is 0.489 e. The van der Waals surface area contributed by atoms with Crippen LogP contribution in [0.2, 0.25) is 0 Å². The zero-order valence-electron chi connectivity index (χ0n) is 20.2. The lowest BCUT2D eigenvalue weighted by Gasteiger charge is -2.18. The summed E-state index contributed by atoms with van der Waals surface area (Å²) in [5, 5.41) is 14.4. The van der Waals surface area contributed by atoms with Gasteiger partial charge in [0.25, 0.3) is 0 Å². The summed E-state index contributed by atoms with van der Waals surface area (Å²) in [4.78, 5) is 11.4. The van der Waals surface area contributed by atoms with E-state index >= 15 is 0 Å². The highest BCUT2D eigenvalue weighted by atomic mass is 16.5. The lowest BCUT2D eigenvalue weighted by atomic mass is 10.1. The van der Waals surface area contributed by atoms with E-state index in [9.17, 15) is 5.11 Å². The third-order valence-corrected chi connectivity index (χ3v) is 5.88. The smallest absolute Gasteiger partial charge is 0.212 e. The van der Waals surface area contributed by atoms with Crippen molar-refractivity contribution in [3.8, 4) is 22.8 Å². The van der Waals surface area contributed by atoms with E-state index in [1.807, 2.05) is 42.9 Å². The molecule has 0 bridgehead atoms. The molecule has 8 nitrogen and oxygen atoms in total. The fraction of sp³-hybridized carbons (Fsp3) is 0.296. The first-order chi connectivity index (χ1) is 16.9. The van der Waals surface area contributed by atoms with Gasteiger partial charge in [0.1, 0.15) is 12.4 Å². The summed E-state index contributed by atoms with van der Waals surface area (Å²) in [5.74, 6) is 1.27. The van der Waals surface area contributed by atoms with Crippen molar-refractivity contribution in [2.75, 3.05) is 26.8 Å². The van der Waals surface area contributed by atoms with Gasteiger partial charge in [0.05, 0.1) is 36.3 Å². The number of nitrogens with zero attached hydrogens (tertiary/aromatic N) is 5. The van der Waals surface area contributed by atoms with Crippen LogP contribution in [0.15, 0.2) is 67.3 Å². The Kier molecular flexibility index (Phi) is 6.23. The van der Waals surface area contributed by atoms with Crippen LogP contribution >= 0.6 is 0 Å². The van der Waals surface area contributed by atoms with Crippen molar-refractivity contribution in [3.05, 3.63) is 78.5 Å². The molecule has 0 atom stereocenters. The molecular weight excluding hydrogens is 442 g/mol. The summed E-state index contributed by atoms with van der Waals surface area (Å²) < 4.78 is 12.8. The van der Waals surface area contributed by atoms with Gasteiger partial charge in [0.15, 0.2) is 0 Å². The van der Waals surface area contributed by atoms with Crippen molar-refractivity contribution in [2.24, 2.45) is 0 Å². The average molecular weight is 472 g/mol. The predicted octanol–water partition coefficient (Wildman–Crippen LogP) is 3.85. The maximum absolute atomic E-state index is 10.0. The standard InChI is InChI=1S/C27H29N5O3/c1-27(2,33)18-35-22-12-23(25-8-10-30-32(25)17-22)20-5-6-24(28-14-20)21-9-11-31(16-21)15-19-4-7-26(34-3)29-13-19/h4-10,12-14,17,33H,11,15-16,18H2,1-3H3. The summed E-state index contributed by atoms with van der Waals surface area (Å²) in [5.41, 5.74) is 5.35. The molecule has 1 aliphatic heterocycles. The van der Waals surface area contributed by atoms with E-state index in [0.717, 1.165) is 47.5 Å². The Hall–Kier alpha value is -3.75. The first-order valence-electron chi connectivity index (χ1n) is 11.6. The molecule has 0 amide bonds. The number of ether oxygens (including phenoxy) is 2. The van der Waals surface area contributed by atoms with E-state index in [0.29, 0.717) is 11.6 Å². The minimum Gasteiger partial charge on any atom is -0.489 e. The Morgan fingerprint density at radius 2 is 1.97 bits per heavy atom. The fourth-order valence-corrected chi connectivity index (χ4v) is 4.12. The van der Waals surface area contributed by atoms with E-state index in [4.69, 9.17) is 14.5 Å². The molecule has 1 N–H and O–H groups in total. The highest BCUT2D eigenvalue weighted by Gasteiger charge is 2.18. The summed E-state index contributed by atoms with van der Waals surface area (Å²) in [6.45, 7) is 6.16. The summed E-state index contributed by atoms with van der Waals surface area (Å²) in [7, 11) is 1.62. The van der Waals surface area contributed by atoms with Gasteiger partial charge in [-0.25, -0.2) is 9.50 Å². The molecule has 1 aliphatic rings. The lowest BCUT2D eigenvalue weighted by molar-refractivity contribution is 0.0283. The molecule has 0 fully saturated rings. The molecule has 0 aromatic carbocycles. The van der Waals surface area contributed by atoms with E-state index in [-0.39, 0.29) is 6.61 Å². The topological polar surface area (TPSA) is 85.0 Å². The molecule has 4 aromatic heterocycles. The van der Waals surface area contributed by atoms with Crippen molar-refractivity contribution in [2.45, 2.75) is 26.0 Å². The number of pyridine rings is 3. The van der Waals surface area contributed by atoms with E-state index < -0.39 is 5.60 Å². The molecule has 180 valence electrons. The second-order valence-corrected chi connectivity index (χ2v) is 9.39. The quantitative estimate of drug-likeness (QED) is 0.418. The van der Waals surface area contributed by atoms with Crippen LogP contribution in [0, 0.1) is 0 Å². The van der Waals surface area contributed by atoms with E-state index in [1.54, 1.807) is 31.7 Å². The molecule has 5 rings (SSSR count). The Bertz CT molecular complexity index is 1340. The Balaban J connectivity index is 1.30. The van der Waals surface area contributed by atoms with Gasteiger partial charge >= 0.3 is 0 Å². The first kappa shape index (κ1) is 23.0. The molecule has 0 unspecified atom stereocenters. The fourth-order valence-electron chi connectivity index (χ4n) is 4.12. The lowest BCUT2D eigenvalue weighted by Crippen LogP contribution is -2.27. The van der Waals surface area contributed by atoms with Crippen molar-refractivity contribution >= 4 is 11.1 Å². The van der Waals surface area contributed by atoms with Gasteiger partial charge in [0, 0.05) is 49.2 Å². The van der Waals surface area contributed by atoms with Crippen LogP contribution in [0.3, 0.4) is 0 Å². The van der Waals surface area contributed by atoms with Gasteiger partial charge in [-0.15, -0.1) is 0 Å². The monoisotopic (exact) mass is 471 g/mol. The van der Waals surface area contributed by atoms with Crippen molar-refractivity contribution < 1.29 is 14.6 Å². The normalized spacial score (nSPS) is 14.3. The predicted molar refractivity (Wildman–Crippen MR) is 134 cm³/mol. The maximum Gasteiger partial charge on any atom is 0.212 e. The zero-order valence-corrected chi connectivity index (χ0v) is 20.2. The molecule has 0 radical (unpaired) electrons. The van der Waals surface area contributed by atoms with Gasteiger partial charge < -0.3 is 14.6 Å². The molecule has 4 aromatic rings. The first-order valence-corrected chi connectivity index (χ1v) is 11.6. The molecular formula is C27H29N5O3. The second-order valence-electron chi connectivity index (χ2n) is 9.39. The van der Waals surface area contributed by atoms with Crippen molar-refractivity contribution in [3.63, 3.8) is 0 Å². The number of aromatic nitrogens is 4. The molecule has 35 heavy (non-hydrogen) atoms. The highest BCUT2D eigenvalue weighted by molar-refractivity contribution is 5.81. The number of hydrogen-bond acceptors (Lipinski definition) is 7. The number of rotatable bonds is 8. The molecule has 0 saturated carbocycles. The van der Waals surface area contributed by atoms with Gasteiger partial charge in [-0.05, 0) is 43.2 Å². The average Bonchev–Trinajstić information content (AvgIpc) is 3.52. The van der Waals surface area contributed by atoms with E-state index in [2.05, 4.69) is 33.2 Å². The third kappa shape index (κ3) is 5.34. The van der Waals surface area contributed by atoms with Crippen molar-refractivity contribution in [1.29, 1.82) is 0 Å². The van der Waals surface area contributed by atoms with Crippen LogP contribution in [-0.2, 0) is 6.54 Å². The van der Waals surface area contributed by atoms with Crippen molar-refractivity contribution in [1.82, 2.24) is 24.5 Å². The Morgan fingerprint density at radius 1 is 1.09 bits per heavy atom. The third-order valence-electron chi connectivity index (χ3n) is 5.88. The van der Waals surface area contributed by atoms with Gasteiger partial charge in [-0.3, -0.25) is 9.88 Å². The van der Waals surface area contributed by atoms with Crippen LogP contribution in [-0.4, -0.2) is 62.0 Å². The molecule has 0 saturated heterocycles. The minimum absolute atomic E-state index is 0.188. The Morgan fingerprint density at radius 3 is 2.69 bits per heavy atom. The van der Waals surface area contributed by atoms with E-state index in [1.165, 1.54) is 5.57 Å². The molecule has 8 heteroatoms. The Labute approximate surface area is 204 Å². The van der Waals surface area contributed by atoms with Gasteiger partial charge in [-0.2, -0.15) is 5.10 Å². The number of hydrogen-bond donors (Lipinski definition) is 1. The highest BCUT2D eigenvalue weighted by Crippen LogP contribution is 2.30. The summed E-state index contributed by atoms with van der Waals surface area (Å²) in [6, 6.07) is 12.0. The van der Waals surface area contributed by atoms with Crippen LogP contribution < -0.4 is 9.47 Å². The maximum atomic E-state index is 10.0.